The zero-order valence-electron chi connectivity index (χ0n) is 14.6. The maximum absolute atomic E-state index is 13.3. The number of hydrogen-bond donors (Lipinski definition) is 0. The van der Waals surface area contributed by atoms with Gasteiger partial charge in [-0.25, -0.2) is 0 Å². The van der Waals surface area contributed by atoms with Gasteiger partial charge in [-0.05, 0) is 36.5 Å². The van der Waals surface area contributed by atoms with Crippen LogP contribution in [0.15, 0.2) is 54.6 Å². The molecule has 1 saturated carbocycles. The van der Waals surface area contributed by atoms with E-state index >= 15 is 0 Å². The Hall–Kier alpha value is -2.13. The molecular formula is C22H25NO2. The summed E-state index contributed by atoms with van der Waals surface area (Å²) in [6.45, 7) is 1.37. The zero-order chi connectivity index (χ0) is 17.1. The number of hydrogen-bond acceptors (Lipinski definition) is 2. The Morgan fingerprint density at radius 3 is 2.64 bits per heavy atom. The van der Waals surface area contributed by atoms with Crippen LogP contribution in [0.2, 0.25) is 0 Å². The van der Waals surface area contributed by atoms with Crippen molar-refractivity contribution < 1.29 is 9.53 Å². The maximum atomic E-state index is 13.3. The van der Waals surface area contributed by atoms with Crippen molar-refractivity contribution in [2.45, 2.75) is 44.2 Å². The third-order valence-corrected chi connectivity index (χ3v) is 5.48. The minimum atomic E-state index is 0.173. The first-order chi connectivity index (χ1) is 12.3. The van der Waals surface area contributed by atoms with Gasteiger partial charge in [-0.3, -0.25) is 4.79 Å². The van der Waals surface area contributed by atoms with E-state index in [2.05, 4.69) is 23.1 Å². The molecular weight excluding hydrogens is 310 g/mol. The van der Waals surface area contributed by atoms with Crippen LogP contribution in [0.25, 0.3) is 0 Å². The fraction of sp³-hybridized carbons (Fsp3) is 0.409. The van der Waals surface area contributed by atoms with Crippen LogP contribution in [0.1, 0.15) is 47.2 Å². The smallest absolute Gasteiger partial charge is 0.254 e. The molecule has 3 nitrogen and oxygen atoms in total. The van der Waals surface area contributed by atoms with Gasteiger partial charge in [-0.2, -0.15) is 0 Å². The second-order valence-corrected chi connectivity index (χ2v) is 7.08. The molecule has 1 saturated heterocycles. The van der Waals surface area contributed by atoms with Crippen LogP contribution in [0.5, 0.6) is 0 Å². The van der Waals surface area contributed by atoms with Crippen molar-refractivity contribution in [2.24, 2.45) is 0 Å². The fourth-order valence-electron chi connectivity index (χ4n) is 4.20. The molecule has 0 unspecified atom stereocenters. The highest BCUT2D eigenvalue weighted by Crippen LogP contribution is 2.30. The van der Waals surface area contributed by atoms with Gasteiger partial charge in [0.05, 0.1) is 18.8 Å². The predicted octanol–water partition coefficient (Wildman–Crippen LogP) is 4.06. The van der Waals surface area contributed by atoms with E-state index in [0.717, 1.165) is 30.4 Å². The number of carbonyl (C=O) groups is 1. The van der Waals surface area contributed by atoms with E-state index < -0.39 is 0 Å². The Kier molecular flexibility index (Phi) is 4.84. The Morgan fingerprint density at radius 1 is 1.00 bits per heavy atom. The molecule has 1 heterocycles. The van der Waals surface area contributed by atoms with Crippen molar-refractivity contribution in [1.82, 2.24) is 4.90 Å². The van der Waals surface area contributed by atoms with Crippen LogP contribution in [-0.2, 0) is 11.2 Å². The summed E-state index contributed by atoms with van der Waals surface area (Å²) in [6.07, 6.45) is 5.58. The summed E-state index contributed by atoms with van der Waals surface area (Å²) < 4.78 is 5.93. The third kappa shape index (κ3) is 3.47. The quantitative estimate of drug-likeness (QED) is 0.846. The minimum absolute atomic E-state index is 0.173. The van der Waals surface area contributed by atoms with Crippen LogP contribution >= 0.6 is 0 Å². The van der Waals surface area contributed by atoms with Crippen molar-refractivity contribution in [3.8, 4) is 0 Å². The number of carbonyl (C=O) groups excluding carboxylic acids is 1. The fourth-order valence-corrected chi connectivity index (χ4v) is 4.20. The highest BCUT2D eigenvalue weighted by atomic mass is 16.5. The number of amides is 1. The highest BCUT2D eigenvalue weighted by Gasteiger charge is 2.37. The van der Waals surface area contributed by atoms with Crippen molar-refractivity contribution in [3.05, 3.63) is 71.3 Å². The monoisotopic (exact) mass is 335 g/mol. The minimum Gasteiger partial charge on any atom is -0.374 e. The van der Waals surface area contributed by atoms with E-state index in [9.17, 15) is 4.79 Å². The SMILES string of the molecule is O=C(c1ccccc1Cc1ccccc1)N1CCO[C@H]2CCCC[C@@H]21. The lowest BCUT2D eigenvalue weighted by Crippen LogP contribution is -2.54. The molecule has 25 heavy (non-hydrogen) atoms. The number of rotatable bonds is 3. The Bertz CT molecular complexity index is 726. The van der Waals surface area contributed by atoms with Crippen LogP contribution in [0.4, 0.5) is 0 Å². The van der Waals surface area contributed by atoms with Gasteiger partial charge >= 0.3 is 0 Å². The van der Waals surface area contributed by atoms with E-state index in [-0.39, 0.29) is 18.1 Å². The molecule has 2 atom stereocenters. The topological polar surface area (TPSA) is 29.5 Å². The molecule has 130 valence electrons. The molecule has 4 rings (SSSR count). The molecule has 0 radical (unpaired) electrons. The molecule has 0 N–H and O–H groups in total. The first kappa shape index (κ1) is 16.3. The lowest BCUT2D eigenvalue weighted by molar-refractivity contribution is -0.0753. The van der Waals surface area contributed by atoms with Gasteiger partial charge in [0.1, 0.15) is 0 Å². The van der Waals surface area contributed by atoms with Crippen LogP contribution in [0.3, 0.4) is 0 Å². The predicted molar refractivity (Wildman–Crippen MR) is 98.7 cm³/mol. The van der Waals surface area contributed by atoms with Gasteiger partial charge in [-0.15, -0.1) is 0 Å². The largest absolute Gasteiger partial charge is 0.374 e. The zero-order valence-corrected chi connectivity index (χ0v) is 14.6. The Morgan fingerprint density at radius 2 is 1.76 bits per heavy atom. The molecule has 1 aliphatic carbocycles. The van der Waals surface area contributed by atoms with Gasteiger partial charge in [0.25, 0.3) is 5.91 Å². The first-order valence-electron chi connectivity index (χ1n) is 9.37. The molecule has 0 aromatic heterocycles. The Balaban J connectivity index is 1.59. The highest BCUT2D eigenvalue weighted by molar-refractivity contribution is 5.96. The first-order valence-corrected chi connectivity index (χ1v) is 9.37. The summed E-state index contributed by atoms with van der Waals surface area (Å²) in [7, 11) is 0. The normalized spacial score (nSPS) is 23.1. The summed E-state index contributed by atoms with van der Waals surface area (Å²) in [5, 5.41) is 0. The van der Waals surface area contributed by atoms with E-state index in [1.165, 1.54) is 18.4 Å². The van der Waals surface area contributed by atoms with E-state index in [1.54, 1.807) is 0 Å². The van der Waals surface area contributed by atoms with Gasteiger partial charge in [-0.1, -0.05) is 61.4 Å². The molecule has 2 aromatic carbocycles. The second-order valence-electron chi connectivity index (χ2n) is 7.08. The average molecular weight is 335 g/mol. The second kappa shape index (κ2) is 7.40. The van der Waals surface area contributed by atoms with Gasteiger partial charge in [0.2, 0.25) is 0 Å². The summed E-state index contributed by atoms with van der Waals surface area (Å²) in [4.78, 5) is 15.4. The van der Waals surface area contributed by atoms with Crippen molar-refractivity contribution >= 4 is 5.91 Å². The molecule has 1 amide bonds. The maximum Gasteiger partial charge on any atom is 0.254 e. The van der Waals surface area contributed by atoms with Gasteiger partial charge in [0, 0.05) is 12.1 Å². The van der Waals surface area contributed by atoms with Crippen LogP contribution < -0.4 is 0 Å². The van der Waals surface area contributed by atoms with Crippen LogP contribution in [0, 0.1) is 0 Å². The number of ether oxygens (including phenoxy) is 1. The van der Waals surface area contributed by atoms with Gasteiger partial charge < -0.3 is 9.64 Å². The molecule has 0 bridgehead atoms. The number of benzene rings is 2. The van der Waals surface area contributed by atoms with E-state index in [1.807, 2.05) is 36.4 Å². The number of fused-ring (bicyclic) bond motifs is 1. The Labute approximate surface area is 149 Å². The number of morpholine rings is 1. The van der Waals surface area contributed by atoms with E-state index in [0.29, 0.717) is 13.2 Å². The lowest BCUT2D eigenvalue weighted by Gasteiger charge is -2.44. The third-order valence-electron chi connectivity index (χ3n) is 5.48. The summed E-state index contributed by atoms with van der Waals surface area (Å²) in [6, 6.07) is 18.7. The molecule has 1 aliphatic heterocycles. The van der Waals surface area contributed by atoms with Gasteiger partial charge in [0.15, 0.2) is 0 Å². The van der Waals surface area contributed by atoms with E-state index in [4.69, 9.17) is 4.74 Å². The number of nitrogens with zero attached hydrogens (tertiary/aromatic N) is 1. The molecule has 2 aromatic rings. The average Bonchev–Trinajstić information content (AvgIpc) is 2.68. The summed E-state index contributed by atoms with van der Waals surface area (Å²) in [5.41, 5.74) is 3.19. The molecule has 2 fully saturated rings. The van der Waals surface area contributed by atoms with Crippen molar-refractivity contribution in [3.63, 3.8) is 0 Å². The van der Waals surface area contributed by atoms with Crippen molar-refractivity contribution in [1.29, 1.82) is 0 Å². The summed E-state index contributed by atoms with van der Waals surface area (Å²) in [5.74, 6) is 0.173. The van der Waals surface area contributed by atoms with Crippen LogP contribution in [-0.4, -0.2) is 36.1 Å². The summed E-state index contributed by atoms with van der Waals surface area (Å²) >= 11 is 0. The van der Waals surface area contributed by atoms with Crippen molar-refractivity contribution in [2.75, 3.05) is 13.2 Å². The molecule has 2 aliphatic rings. The molecule has 0 spiro atoms. The lowest BCUT2D eigenvalue weighted by atomic mass is 9.89. The standard InChI is InChI=1S/C22H25NO2/c24-22(23-14-15-25-21-13-7-6-12-20(21)23)19-11-5-4-10-18(19)16-17-8-2-1-3-9-17/h1-5,8-11,20-21H,6-7,12-16H2/t20-,21-/m0/s1. The molecule has 3 heteroatoms.